The molecule has 15 heavy (non-hydrogen) atoms. The number of hydrogen-bond acceptors (Lipinski definition) is 2. The number of phenolic OH excluding ortho intramolecular Hbond substituents is 1. The van der Waals surface area contributed by atoms with Crippen molar-refractivity contribution in [1.82, 2.24) is 0 Å². The fourth-order valence-corrected chi connectivity index (χ4v) is 1.50. The molecular weight excluding hydrogens is 199 g/mol. The number of hydrogen-bond donors (Lipinski definition) is 2. The number of carbonyl (C=O) groups is 1. The van der Waals surface area contributed by atoms with E-state index in [1.807, 2.05) is 0 Å². The largest absolute Gasteiger partial charge is 0.508 e. The summed E-state index contributed by atoms with van der Waals surface area (Å²) in [7, 11) is 0. The number of carboxylic acid groups (broad SMARTS) is 1. The Labute approximate surface area is 87.2 Å². The SMILES string of the molecule is CC(C)(F)C(C(=O)O)c1ccc(O)cc1. The minimum absolute atomic E-state index is 0.0274. The number of carboxylic acids is 1. The molecule has 82 valence electrons. The number of aliphatic carboxylic acids is 1. The van der Waals surface area contributed by atoms with Gasteiger partial charge in [0.1, 0.15) is 17.3 Å². The summed E-state index contributed by atoms with van der Waals surface area (Å²) in [5.74, 6) is -2.41. The first-order valence-corrected chi connectivity index (χ1v) is 4.53. The van der Waals surface area contributed by atoms with Gasteiger partial charge < -0.3 is 10.2 Å². The van der Waals surface area contributed by atoms with Gasteiger partial charge in [0, 0.05) is 0 Å². The minimum Gasteiger partial charge on any atom is -0.508 e. The number of benzene rings is 1. The Morgan fingerprint density at radius 2 is 1.80 bits per heavy atom. The topological polar surface area (TPSA) is 57.5 Å². The average molecular weight is 212 g/mol. The third-order valence-electron chi connectivity index (χ3n) is 2.16. The molecule has 1 aromatic carbocycles. The average Bonchev–Trinajstić information content (AvgIpc) is 2.05. The van der Waals surface area contributed by atoms with Crippen molar-refractivity contribution in [3.05, 3.63) is 29.8 Å². The van der Waals surface area contributed by atoms with E-state index >= 15 is 0 Å². The number of alkyl halides is 1. The molecule has 4 heteroatoms. The Morgan fingerprint density at radius 1 is 1.33 bits per heavy atom. The number of halogens is 1. The van der Waals surface area contributed by atoms with Gasteiger partial charge in [-0.05, 0) is 31.5 Å². The molecular formula is C11H13FO3. The highest BCUT2D eigenvalue weighted by molar-refractivity contribution is 5.77. The molecule has 0 fully saturated rings. The molecule has 0 aliphatic heterocycles. The van der Waals surface area contributed by atoms with E-state index in [9.17, 15) is 9.18 Å². The van der Waals surface area contributed by atoms with Crippen LogP contribution < -0.4 is 0 Å². The zero-order valence-corrected chi connectivity index (χ0v) is 8.57. The molecule has 3 nitrogen and oxygen atoms in total. The molecule has 2 N–H and O–H groups in total. The Balaban J connectivity index is 3.11. The number of phenols is 1. The van der Waals surface area contributed by atoms with E-state index in [1.54, 1.807) is 0 Å². The monoisotopic (exact) mass is 212 g/mol. The van der Waals surface area contributed by atoms with Crippen LogP contribution in [0.3, 0.4) is 0 Å². The molecule has 0 amide bonds. The van der Waals surface area contributed by atoms with Gasteiger partial charge in [-0.1, -0.05) is 12.1 Å². The molecule has 0 aromatic heterocycles. The van der Waals surface area contributed by atoms with Crippen LogP contribution in [0.25, 0.3) is 0 Å². The van der Waals surface area contributed by atoms with E-state index in [1.165, 1.54) is 38.1 Å². The van der Waals surface area contributed by atoms with Crippen LogP contribution in [0.4, 0.5) is 4.39 Å². The third-order valence-corrected chi connectivity index (χ3v) is 2.16. The second-order valence-electron chi connectivity index (χ2n) is 3.93. The molecule has 1 atom stereocenters. The molecule has 0 saturated carbocycles. The Bertz CT molecular complexity index is 351. The Hall–Kier alpha value is -1.58. The molecule has 0 spiro atoms. The van der Waals surface area contributed by atoms with Crippen molar-refractivity contribution in [3.8, 4) is 5.75 Å². The molecule has 1 unspecified atom stereocenters. The standard InChI is InChI=1S/C11H13FO3/c1-11(2,12)9(10(14)15)7-3-5-8(13)6-4-7/h3-6,9,13H,1-2H3,(H,14,15). The van der Waals surface area contributed by atoms with Crippen LogP contribution in [0.15, 0.2) is 24.3 Å². The summed E-state index contributed by atoms with van der Waals surface area (Å²) in [6.45, 7) is 2.44. The first-order valence-electron chi connectivity index (χ1n) is 4.53. The summed E-state index contributed by atoms with van der Waals surface area (Å²) < 4.78 is 13.6. The van der Waals surface area contributed by atoms with Gasteiger partial charge in [-0.2, -0.15) is 0 Å². The summed E-state index contributed by atoms with van der Waals surface area (Å²) in [5.41, 5.74) is -1.50. The van der Waals surface area contributed by atoms with E-state index in [-0.39, 0.29) is 5.75 Å². The molecule has 0 aliphatic rings. The Kier molecular flexibility index (Phi) is 2.98. The molecule has 1 rings (SSSR count). The maximum absolute atomic E-state index is 13.6. The second kappa shape index (κ2) is 3.88. The highest BCUT2D eigenvalue weighted by Crippen LogP contribution is 2.32. The fraction of sp³-hybridized carbons (Fsp3) is 0.364. The Morgan fingerprint density at radius 3 is 2.13 bits per heavy atom. The predicted molar refractivity (Wildman–Crippen MR) is 53.7 cm³/mol. The first kappa shape index (κ1) is 11.5. The molecule has 0 bridgehead atoms. The van der Waals surface area contributed by atoms with Crippen molar-refractivity contribution in [3.63, 3.8) is 0 Å². The summed E-state index contributed by atoms with van der Waals surface area (Å²) in [6, 6.07) is 5.51. The quantitative estimate of drug-likeness (QED) is 0.808. The van der Waals surface area contributed by atoms with Gasteiger partial charge in [0.2, 0.25) is 0 Å². The van der Waals surface area contributed by atoms with Crippen molar-refractivity contribution < 1.29 is 19.4 Å². The van der Waals surface area contributed by atoms with Crippen LogP contribution >= 0.6 is 0 Å². The van der Waals surface area contributed by atoms with Gasteiger partial charge in [0.25, 0.3) is 0 Å². The fourth-order valence-electron chi connectivity index (χ4n) is 1.50. The minimum atomic E-state index is -1.84. The van der Waals surface area contributed by atoms with Gasteiger partial charge in [0.05, 0.1) is 0 Å². The normalized spacial score (nSPS) is 13.5. The van der Waals surface area contributed by atoms with Crippen molar-refractivity contribution in [2.75, 3.05) is 0 Å². The molecule has 0 radical (unpaired) electrons. The predicted octanol–water partition coefficient (Wildman–Crippen LogP) is 2.31. The van der Waals surface area contributed by atoms with Gasteiger partial charge in [-0.3, -0.25) is 4.79 Å². The summed E-state index contributed by atoms with van der Waals surface area (Å²) in [5, 5.41) is 18.0. The van der Waals surface area contributed by atoms with E-state index in [0.29, 0.717) is 5.56 Å². The zero-order valence-electron chi connectivity index (χ0n) is 8.57. The number of aromatic hydroxyl groups is 1. The van der Waals surface area contributed by atoms with Crippen molar-refractivity contribution >= 4 is 5.97 Å². The maximum Gasteiger partial charge on any atom is 0.314 e. The summed E-state index contributed by atoms with van der Waals surface area (Å²) in [6.07, 6.45) is 0. The van der Waals surface area contributed by atoms with Crippen molar-refractivity contribution in [1.29, 1.82) is 0 Å². The lowest BCUT2D eigenvalue weighted by Crippen LogP contribution is -2.30. The smallest absolute Gasteiger partial charge is 0.314 e. The number of rotatable bonds is 3. The van der Waals surface area contributed by atoms with Crippen molar-refractivity contribution in [2.24, 2.45) is 0 Å². The molecule has 0 aliphatic carbocycles. The summed E-state index contributed by atoms with van der Waals surface area (Å²) >= 11 is 0. The van der Waals surface area contributed by atoms with E-state index in [4.69, 9.17) is 10.2 Å². The molecule has 0 heterocycles. The van der Waals surface area contributed by atoms with Crippen LogP contribution in [0, 0.1) is 0 Å². The third kappa shape index (κ3) is 2.68. The van der Waals surface area contributed by atoms with Gasteiger partial charge in [-0.25, -0.2) is 4.39 Å². The second-order valence-corrected chi connectivity index (χ2v) is 3.93. The highest BCUT2D eigenvalue weighted by Gasteiger charge is 2.36. The highest BCUT2D eigenvalue weighted by atomic mass is 19.1. The zero-order chi connectivity index (χ0) is 11.6. The van der Waals surface area contributed by atoms with E-state index in [0.717, 1.165) is 0 Å². The lowest BCUT2D eigenvalue weighted by atomic mass is 9.86. The van der Waals surface area contributed by atoms with Crippen LogP contribution in [0.5, 0.6) is 5.75 Å². The van der Waals surface area contributed by atoms with Crippen molar-refractivity contribution in [2.45, 2.75) is 25.4 Å². The lowest BCUT2D eigenvalue weighted by molar-refractivity contribution is -0.142. The van der Waals surface area contributed by atoms with Crippen LogP contribution in [0.1, 0.15) is 25.3 Å². The van der Waals surface area contributed by atoms with E-state index in [2.05, 4.69) is 0 Å². The molecule has 1 aromatic rings. The lowest BCUT2D eigenvalue weighted by Gasteiger charge is -2.23. The van der Waals surface area contributed by atoms with Gasteiger partial charge >= 0.3 is 5.97 Å². The van der Waals surface area contributed by atoms with Gasteiger partial charge in [-0.15, -0.1) is 0 Å². The van der Waals surface area contributed by atoms with Crippen LogP contribution in [-0.4, -0.2) is 21.9 Å². The molecule has 0 saturated heterocycles. The van der Waals surface area contributed by atoms with Gasteiger partial charge in [0.15, 0.2) is 0 Å². The van der Waals surface area contributed by atoms with Crippen LogP contribution in [0.2, 0.25) is 0 Å². The van der Waals surface area contributed by atoms with E-state index < -0.39 is 17.6 Å². The first-order chi connectivity index (χ1) is 6.82. The maximum atomic E-state index is 13.6. The van der Waals surface area contributed by atoms with Crippen LogP contribution in [-0.2, 0) is 4.79 Å². The summed E-state index contributed by atoms with van der Waals surface area (Å²) in [4.78, 5) is 10.9.